The molecule has 0 unspecified atom stereocenters. The summed E-state index contributed by atoms with van der Waals surface area (Å²) in [6, 6.07) is 18.8. The largest absolute Gasteiger partial charge is 0.481 e. The minimum absolute atomic E-state index is 0.634. The number of aliphatic carboxylic acids is 1. The maximum Gasteiger partial charge on any atom is 0.314 e. The van der Waals surface area contributed by atoms with Crippen molar-refractivity contribution in [1.82, 2.24) is 0 Å². The Labute approximate surface area is 148 Å². The molecule has 2 fully saturated rings. The van der Waals surface area contributed by atoms with Gasteiger partial charge in [0.2, 0.25) is 0 Å². The third-order valence-electron chi connectivity index (χ3n) is 5.80. The van der Waals surface area contributed by atoms with Crippen molar-refractivity contribution in [3.05, 3.63) is 60.2 Å². The summed E-state index contributed by atoms with van der Waals surface area (Å²) in [5, 5.41) is 9.58. The Morgan fingerprint density at radius 2 is 1.32 bits per heavy atom. The molecule has 2 aliphatic rings. The van der Waals surface area contributed by atoms with E-state index < -0.39 is 11.4 Å². The Balaban J connectivity index is 1.43. The molecule has 4 rings (SSSR count). The van der Waals surface area contributed by atoms with Gasteiger partial charge in [0.05, 0.1) is 5.41 Å². The average Bonchev–Trinajstić information content (AvgIpc) is 2.62. The second-order valence-electron chi connectivity index (χ2n) is 7.10. The Hall–Kier alpha value is -2.49. The van der Waals surface area contributed by atoms with E-state index in [4.69, 9.17) is 0 Å². The number of nitrogens with zero attached hydrogens (tertiary/aromatic N) is 2. The van der Waals surface area contributed by atoms with Crippen molar-refractivity contribution in [1.29, 1.82) is 0 Å². The maximum atomic E-state index is 11.6. The predicted molar refractivity (Wildman–Crippen MR) is 100 cm³/mol. The maximum absolute atomic E-state index is 11.6. The van der Waals surface area contributed by atoms with Gasteiger partial charge in [-0.2, -0.15) is 0 Å². The lowest BCUT2D eigenvalue weighted by molar-refractivity contribution is -0.147. The molecule has 2 aromatic carbocycles. The second-order valence-corrected chi connectivity index (χ2v) is 7.10. The molecule has 0 atom stereocenters. The Morgan fingerprint density at radius 3 is 1.76 bits per heavy atom. The number of para-hydroxylation sites is 1. The predicted octanol–water partition coefficient (Wildman–Crippen LogP) is 3.52. The van der Waals surface area contributed by atoms with Crippen LogP contribution in [0.4, 0.5) is 11.4 Å². The third-order valence-corrected chi connectivity index (χ3v) is 5.80. The molecular formula is C21H24N2O2. The van der Waals surface area contributed by atoms with Gasteiger partial charge in [0.1, 0.15) is 0 Å². The normalized spacial score (nSPS) is 19.4. The number of hydrogen-bond donors (Lipinski definition) is 1. The number of benzene rings is 2. The van der Waals surface area contributed by atoms with Crippen molar-refractivity contribution in [2.24, 2.45) is 0 Å². The smallest absolute Gasteiger partial charge is 0.314 e. The average molecular weight is 336 g/mol. The van der Waals surface area contributed by atoms with Gasteiger partial charge in [0.25, 0.3) is 0 Å². The van der Waals surface area contributed by atoms with Crippen LogP contribution in [0.15, 0.2) is 54.6 Å². The molecule has 1 heterocycles. The van der Waals surface area contributed by atoms with E-state index in [1.807, 2.05) is 18.2 Å². The molecule has 1 aliphatic carbocycles. The summed E-state index contributed by atoms with van der Waals surface area (Å²) in [4.78, 5) is 16.4. The first-order valence-electron chi connectivity index (χ1n) is 9.08. The SMILES string of the molecule is O=C(O)C1(c2ccc(N3CCN(c4ccccc4)CC3)cc2)CCC1. The van der Waals surface area contributed by atoms with Crippen LogP contribution in [0.3, 0.4) is 0 Å². The summed E-state index contributed by atoms with van der Waals surface area (Å²) >= 11 is 0. The van der Waals surface area contributed by atoms with E-state index in [9.17, 15) is 9.90 Å². The lowest BCUT2D eigenvalue weighted by Gasteiger charge is -2.39. The molecule has 0 aromatic heterocycles. The zero-order valence-electron chi connectivity index (χ0n) is 14.4. The van der Waals surface area contributed by atoms with Crippen LogP contribution < -0.4 is 9.80 Å². The van der Waals surface area contributed by atoms with Crippen molar-refractivity contribution in [3.8, 4) is 0 Å². The summed E-state index contributed by atoms with van der Waals surface area (Å²) in [5.41, 5.74) is 2.80. The molecular weight excluding hydrogens is 312 g/mol. The van der Waals surface area contributed by atoms with E-state index in [0.717, 1.165) is 51.0 Å². The van der Waals surface area contributed by atoms with Crippen molar-refractivity contribution < 1.29 is 9.90 Å². The molecule has 4 nitrogen and oxygen atoms in total. The minimum Gasteiger partial charge on any atom is -0.481 e. The van der Waals surface area contributed by atoms with E-state index in [0.29, 0.717) is 0 Å². The van der Waals surface area contributed by atoms with Crippen LogP contribution >= 0.6 is 0 Å². The van der Waals surface area contributed by atoms with E-state index in [-0.39, 0.29) is 0 Å². The summed E-state index contributed by atoms with van der Waals surface area (Å²) in [6.07, 6.45) is 2.53. The monoisotopic (exact) mass is 336 g/mol. The Morgan fingerprint density at radius 1 is 0.800 bits per heavy atom. The molecule has 1 saturated heterocycles. The highest BCUT2D eigenvalue weighted by atomic mass is 16.4. The van der Waals surface area contributed by atoms with Gasteiger partial charge in [-0.3, -0.25) is 4.79 Å². The third kappa shape index (κ3) is 2.86. The zero-order chi connectivity index (χ0) is 17.3. The van der Waals surface area contributed by atoms with Gasteiger partial charge in [-0.15, -0.1) is 0 Å². The second kappa shape index (κ2) is 6.43. The fraction of sp³-hybridized carbons (Fsp3) is 0.381. The fourth-order valence-electron chi connectivity index (χ4n) is 4.01. The number of carboxylic acid groups (broad SMARTS) is 1. The number of hydrogen-bond acceptors (Lipinski definition) is 3. The van der Waals surface area contributed by atoms with Crippen LogP contribution in [-0.2, 0) is 10.2 Å². The van der Waals surface area contributed by atoms with Crippen molar-refractivity contribution >= 4 is 17.3 Å². The molecule has 25 heavy (non-hydrogen) atoms. The highest BCUT2D eigenvalue weighted by molar-refractivity contribution is 5.82. The quantitative estimate of drug-likeness (QED) is 0.928. The number of rotatable bonds is 4. The minimum atomic E-state index is -0.678. The Bertz CT molecular complexity index is 730. The fourth-order valence-corrected chi connectivity index (χ4v) is 4.01. The van der Waals surface area contributed by atoms with Crippen LogP contribution in [-0.4, -0.2) is 37.3 Å². The first-order chi connectivity index (χ1) is 12.2. The first kappa shape index (κ1) is 16.0. The van der Waals surface area contributed by atoms with Crippen LogP contribution in [0.2, 0.25) is 0 Å². The molecule has 2 aromatic rings. The highest BCUT2D eigenvalue weighted by Crippen LogP contribution is 2.44. The molecule has 0 amide bonds. The van der Waals surface area contributed by atoms with E-state index in [2.05, 4.69) is 46.2 Å². The first-order valence-corrected chi connectivity index (χ1v) is 9.08. The van der Waals surface area contributed by atoms with Gasteiger partial charge in [-0.1, -0.05) is 36.8 Å². The summed E-state index contributed by atoms with van der Waals surface area (Å²) in [5.74, 6) is -0.678. The summed E-state index contributed by atoms with van der Waals surface area (Å²) in [7, 11) is 0. The molecule has 0 bridgehead atoms. The molecule has 1 saturated carbocycles. The summed E-state index contributed by atoms with van der Waals surface area (Å²) < 4.78 is 0. The highest BCUT2D eigenvalue weighted by Gasteiger charge is 2.45. The van der Waals surface area contributed by atoms with Crippen LogP contribution in [0.5, 0.6) is 0 Å². The molecule has 4 heteroatoms. The Kier molecular flexibility index (Phi) is 4.12. The van der Waals surface area contributed by atoms with Crippen LogP contribution in [0, 0.1) is 0 Å². The summed E-state index contributed by atoms with van der Waals surface area (Å²) in [6.45, 7) is 3.98. The van der Waals surface area contributed by atoms with Gasteiger partial charge >= 0.3 is 5.97 Å². The van der Waals surface area contributed by atoms with Gasteiger partial charge < -0.3 is 14.9 Å². The molecule has 1 aliphatic heterocycles. The molecule has 0 spiro atoms. The van der Waals surface area contributed by atoms with E-state index in [1.54, 1.807) is 0 Å². The topological polar surface area (TPSA) is 43.8 Å². The van der Waals surface area contributed by atoms with Crippen molar-refractivity contribution in [2.45, 2.75) is 24.7 Å². The van der Waals surface area contributed by atoms with Crippen molar-refractivity contribution in [2.75, 3.05) is 36.0 Å². The van der Waals surface area contributed by atoms with Crippen LogP contribution in [0.1, 0.15) is 24.8 Å². The van der Waals surface area contributed by atoms with Gasteiger partial charge in [-0.05, 0) is 42.7 Å². The van der Waals surface area contributed by atoms with Gasteiger partial charge in [0.15, 0.2) is 0 Å². The molecule has 0 radical (unpaired) electrons. The van der Waals surface area contributed by atoms with Gasteiger partial charge in [0, 0.05) is 37.6 Å². The van der Waals surface area contributed by atoms with E-state index >= 15 is 0 Å². The number of anilines is 2. The van der Waals surface area contributed by atoms with Gasteiger partial charge in [-0.25, -0.2) is 0 Å². The number of piperazine rings is 1. The van der Waals surface area contributed by atoms with Crippen LogP contribution in [0.25, 0.3) is 0 Å². The number of carboxylic acids is 1. The number of carbonyl (C=O) groups is 1. The lowest BCUT2D eigenvalue weighted by Crippen LogP contribution is -2.46. The lowest BCUT2D eigenvalue weighted by atomic mass is 9.64. The molecule has 130 valence electrons. The standard InChI is InChI=1S/C21H24N2O2/c24-20(25)21(11-4-12-21)17-7-9-19(10-8-17)23-15-13-22(14-16-23)18-5-2-1-3-6-18/h1-3,5-10H,4,11-16H2,(H,24,25). The van der Waals surface area contributed by atoms with Crippen molar-refractivity contribution in [3.63, 3.8) is 0 Å². The zero-order valence-corrected chi connectivity index (χ0v) is 14.4. The van der Waals surface area contributed by atoms with E-state index in [1.165, 1.54) is 11.4 Å². The molecule has 1 N–H and O–H groups in total.